The molecule has 122 valence electrons. The predicted molar refractivity (Wildman–Crippen MR) is 92.3 cm³/mol. The number of aromatic amines is 1. The summed E-state index contributed by atoms with van der Waals surface area (Å²) < 4.78 is 0. The fraction of sp³-hybridized carbons (Fsp3) is 0. The van der Waals surface area contributed by atoms with Gasteiger partial charge in [-0.2, -0.15) is 0 Å². The number of nitrogens with zero attached hydrogens (tertiary/aromatic N) is 3. The van der Waals surface area contributed by atoms with Crippen molar-refractivity contribution in [2.45, 2.75) is 0 Å². The molecule has 3 aromatic carbocycles. The lowest BCUT2D eigenvalue weighted by Crippen LogP contribution is -1.94. The summed E-state index contributed by atoms with van der Waals surface area (Å²) in [4.78, 5) is 21.1. The summed E-state index contributed by atoms with van der Waals surface area (Å²) in [6.07, 6.45) is 0. The van der Waals surface area contributed by atoms with Crippen molar-refractivity contribution in [3.8, 4) is 11.1 Å². The van der Waals surface area contributed by atoms with Gasteiger partial charge in [-0.1, -0.05) is 42.5 Å². The van der Waals surface area contributed by atoms with Crippen molar-refractivity contribution < 1.29 is 9.85 Å². The molecular weight excluding hydrogens is 324 g/mol. The summed E-state index contributed by atoms with van der Waals surface area (Å²) in [5.41, 5.74) is 0.284. The van der Waals surface area contributed by atoms with Crippen LogP contribution in [0.1, 0.15) is 0 Å². The average Bonchev–Trinajstić information content (AvgIpc) is 3.04. The zero-order valence-electron chi connectivity index (χ0n) is 12.7. The topological polar surface area (TPSA) is 115 Å². The van der Waals surface area contributed by atoms with E-state index in [-0.39, 0.29) is 5.56 Å². The van der Waals surface area contributed by atoms with Crippen molar-refractivity contribution in [2.75, 3.05) is 0 Å². The molecule has 25 heavy (non-hydrogen) atoms. The first-order valence-electron chi connectivity index (χ1n) is 7.35. The Hall–Kier alpha value is -3.81. The van der Waals surface area contributed by atoms with Crippen molar-refractivity contribution >= 4 is 33.2 Å². The van der Waals surface area contributed by atoms with Crippen LogP contribution in [0.5, 0.6) is 0 Å². The van der Waals surface area contributed by atoms with Gasteiger partial charge in [0.2, 0.25) is 0 Å². The first kappa shape index (κ1) is 14.8. The Labute approximate surface area is 140 Å². The lowest BCUT2D eigenvalue weighted by Gasteiger charge is -2.07. The number of nitro groups is 2. The molecular formula is C17H10N4O4. The van der Waals surface area contributed by atoms with E-state index in [4.69, 9.17) is 0 Å². The van der Waals surface area contributed by atoms with Crippen LogP contribution in [0, 0.1) is 20.2 Å². The first-order valence-corrected chi connectivity index (χ1v) is 7.35. The highest BCUT2D eigenvalue weighted by Crippen LogP contribution is 2.40. The van der Waals surface area contributed by atoms with Crippen LogP contribution in [0.25, 0.3) is 32.7 Å². The minimum absolute atomic E-state index is 0.115. The summed E-state index contributed by atoms with van der Waals surface area (Å²) in [6, 6.07) is 16.7. The number of nitrogens with one attached hydrogen (secondary N) is 1. The third-order valence-electron chi connectivity index (χ3n) is 4.10. The van der Waals surface area contributed by atoms with Gasteiger partial charge in [0.25, 0.3) is 0 Å². The molecule has 4 rings (SSSR count). The molecule has 1 aromatic heterocycles. The Kier molecular flexibility index (Phi) is 3.17. The maximum Gasteiger partial charge on any atom is 0.428 e. The maximum atomic E-state index is 11.3. The molecule has 1 heterocycles. The Morgan fingerprint density at radius 1 is 0.840 bits per heavy atom. The van der Waals surface area contributed by atoms with Crippen molar-refractivity contribution in [1.82, 2.24) is 10.2 Å². The highest BCUT2D eigenvalue weighted by atomic mass is 16.6. The summed E-state index contributed by atoms with van der Waals surface area (Å²) in [6.45, 7) is 0. The molecule has 0 radical (unpaired) electrons. The second kappa shape index (κ2) is 5.38. The van der Waals surface area contributed by atoms with E-state index in [1.807, 2.05) is 42.5 Å². The number of benzene rings is 3. The highest BCUT2D eigenvalue weighted by Gasteiger charge is 2.33. The van der Waals surface area contributed by atoms with E-state index < -0.39 is 21.5 Å². The molecule has 0 aliphatic heterocycles. The number of aromatic nitrogens is 2. The van der Waals surface area contributed by atoms with Gasteiger partial charge in [-0.15, -0.1) is 0 Å². The molecule has 0 spiro atoms. The van der Waals surface area contributed by atoms with Crippen LogP contribution in [-0.4, -0.2) is 20.0 Å². The lowest BCUT2D eigenvalue weighted by atomic mass is 9.96. The maximum absolute atomic E-state index is 11.3. The second-order valence-corrected chi connectivity index (χ2v) is 5.51. The molecule has 0 fully saturated rings. The summed E-state index contributed by atoms with van der Waals surface area (Å²) >= 11 is 0. The lowest BCUT2D eigenvalue weighted by molar-refractivity contribution is -0.392. The van der Waals surface area contributed by atoms with E-state index in [1.165, 1.54) is 0 Å². The van der Waals surface area contributed by atoms with Crippen molar-refractivity contribution in [1.29, 1.82) is 0 Å². The molecule has 0 bridgehead atoms. The van der Waals surface area contributed by atoms with Gasteiger partial charge in [0.05, 0.1) is 0 Å². The van der Waals surface area contributed by atoms with E-state index in [1.54, 1.807) is 12.1 Å². The SMILES string of the molecule is O=[N+]([O-])c1n[nH]c([N+](=O)[O-])c1-c1cccc2cc3ccccc3cc12. The molecule has 0 saturated heterocycles. The predicted octanol–water partition coefficient (Wildman–Crippen LogP) is 4.20. The number of fused-ring (bicyclic) bond motifs is 2. The summed E-state index contributed by atoms with van der Waals surface area (Å²) in [7, 11) is 0. The molecule has 1 N–H and O–H groups in total. The monoisotopic (exact) mass is 334 g/mol. The zero-order chi connectivity index (χ0) is 17.6. The summed E-state index contributed by atoms with van der Waals surface area (Å²) in [5, 5.41) is 31.7. The van der Waals surface area contributed by atoms with Gasteiger partial charge in [0.1, 0.15) is 5.10 Å². The minimum atomic E-state index is -0.723. The van der Waals surface area contributed by atoms with Crippen LogP contribution in [0.15, 0.2) is 54.6 Å². The average molecular weight is 334 g/mol. The molecule has 0 saturated carbocycles. The fourth-order valence-corrected chi connectivity index (χ4v) is 3.02. The molecule has 8 nitrogen and oxygen atoms in total. The first-order chi connectivity index (χ1) is 12.1. The fourth-order valence-electron chi connectivity index (χ4n) is 3.02. The zero-order valence-corrected chi connectivity index (χ0v) is 12.7. The Morgan fingerprint density at radius 2 is 1.52 bits per heavy atom. The number of hydrogen-bond donors (Lipinski definition) is 1. The number of rotatable bonds is 3. The van der Waals surface area contributed by atoms with Gasteiger partial charge >= 0.3 is 11.6 Å². The van der Waals surface area contributed by atoms with Gasteiger partial charge in [-0.05, 0) is 48.6 Å². The van der Waals surface area contributed by atoms with Gasteiger partial charge < -0.3 is 20.2 Å². The third kappa shape index (κ3) is 2.27. The Bertz CT molecular complexity index is 1130. The molecule has 0 unspecified atom stereocenters. The largest absolute Gasteiger partial charge is 0.428 e. The minimum Gasteiger partial charge on any atom is -0.358 e. The molecule has 0 aliphatic carbocycles. The van der Waals surface area contributed by atoms with E-state index in [0.717, 1.165) is 16.2 Å². The van der Waals surface area contributed by atoms with E-state index in [2.05, 4.69) is 10.2 Å². The second-order valence-electron chi connectivity index (χ2n) is 5.51. The number of H-pyrrole nitrogens is 1. The van der Waals surface area contributed by atoms with Crippen LogP contribution in [0.3, 0.4) is 0 Å². The summed E-state index contributed by atoms with van der Waals surface area (Å²) in [5.74, 6) is -1.06. The van der Waals surface area contributed by atoms with Crippen LogP contribution < -0.4 is 0 Å². The smallest absolute Gasteiger partial charge is 0.358 e. The standard InChI is InChI=1S/C17H10N4O4/c22-20(23)16-15(17(19-18-16)21(24)25)13-7-3-6-12-8-10-4-1-2-5-11(10)9-14(12)13/h1-9H,(H,18,19). The van der Waals surface area contributed by atoms with Crippen LogP contribution >= 0.6 is 0 Å². The van der Waals surface area contributed by atoms with Gasteiger partial charge in [0, 0.05) is 5.56 Å². The van der Waals surface area contributed by atoms with Crippen molar-refractivity contribution in [3.63, 3.8) is 0 Å². The Balaban J connectivity index is 2.11. The van der Waals surface area contributed by atoms with E-state index in [9.17, 15) is 20.2 Å². The van der Waals surface area contributed by atoms with Crippen LogP contribution in [0.2, 0.25) is 0 Å². The van der Waals surface area contributed by atoms with Crippen molar-refractivity contribution in [3.05, 3.63) is 74.8 Å². The van der Waals surface area contributed by atoms with Gasteiger partial charge in [0.15, 0.2) is 5.56 Å². The highest BCUT2D eigenvalue weighted by molar-refractivity contribution is 6.06. The third-order valence-corrected chi connectivity index (χ3v) is 4.10. The van der Waals surface area contributed by atoms with E-state index >= 15 is 0 Å². The van der Waals surface area contributed by atoms with Crippen molar-refractivity contribution in [2.24, 2.45) is 0 Å². The van der Waals surface area contributed by atoms with Crippen LogP contribution in [-0.2, 0) is 0 Å². The van der Waals surface area contributed by atoms with E-state index in [0.29, 0.717) is 10.9 Å². The molecule has 8 heteroatoms. The molecule has 4 aromatic rings. The normalized spacial score (nSPS) is 11.0. The van der Waals surface area contributed by atoms with Gasteiger partial charge in [-0.3, -0.25) is 0 Å². The molecule has 0 amide bonds. The Morgan fingerprint density at radius 3 is 2.20 bits per heavy atom. The molecule has 0 aliphatic rings. The molecule has 0 atom stereocenters. The van der Waals surface area contributed by atoms with Crippen LogP contribution in [0.4, 0.5) is 11.6 Å². The number of hydrogen-bond acceptors (Lipinski definition) is 5. The quantitative estimate of drug-likeness (QED) is 0.342. The van der Waals surface area contributed by atoms with Gasteiger partial charge in [-0.25, -0.2) is 0 Å².